The van der Waals surface area contributed by atoms with E-state index in [4.69, 9.17) is 0 Å². The first-order chi connectivity index (χ1) is 6.37. The van der Waals surface area contributed by atoms with E-state index in [1.54, 1.807) is 0 Å². The minimum absolute atomic E-state index is 0.281. The average molecular weight is 221 g/mol. The molecule has 0 bridgehead atoms. The fraction of sp³-hybridized carbons (Fsp3) is 1.00. The summed E-state index contributed by atoms with van der Waals surface area (Å²) in [6.45, 7) is 6.09. The predicted molar refractivity (Wildman–Crippen MR) is 61.2 cm³/mol. The summed E-state index contributed by atoms with van der Waals surface area (Å²) in [5.74, 6) is 1.11. The van der Waals surface area contributed by atoms with Crippen molar-refractivity contribution in [3.05, 3.63) is 0 Å². The maximum atomic E-state index is 11.5. The normalized spacial score (nSPS) is 14.6. The van der Waals surface area contributed by atoms with Crippen molar-refractivity contribution >= 4 is 9.84 Å². The number of hydrogen-bond acceptors (Lipinski definition) is 3. The van der Waals surface area contributed by atoms with Crippen molar-refractivity contribution in [1.29, 1.82) is 0 Å². The Morgan fingerprint density at radius 1 is 1.07 bits per heavy atom. The third kappa shape index (κ3) is 7.33. The van der Waals surface area contributed by atoms with Crippen molar-refractivity contribution < 1.29 is 8.42 Å². The monoisotopic (exact) mass is 221 g/mol. The molecule has 0 aliphatic heterocycles. The number of sulfone groups is 1. The fourth-order valence-electron chi connectivity index (χ4n) is 1.02. The highest BCUT2D eigenvalue weighted by Crippen LogP contribution is 2.05. The third-order valence-corrected chi connectivity index (χ3v) is 4.08. The lowest BCUT2D eigenvalue weighted by atomic mass is 10.2. The van der Waals surface area contributed by atoms with Crippen LogP contribution in [0.25, 0.3) is 0 Å². The van der Waals surface area contributed by atoms with E-state index in [9.17, 15) is 8.42 Å². The molecule has 0 aromatic heterocycles. The van der Waals surface area contributed by atoms with Crippen LogP contribution in [0.1, 0.15) is 33.6 Å². The molecule has 0 aromatic carbocycles. The molecular weight excluding hydrogens is 198 g/mol. The Kier molecular flexibility index (Phi) is 6.36. The van der Waals surface area contributed by atoms with Crippen LogP contribution in [-0.4, -0.2) is 33.0 Å². The van der Waals surface area contributed by atoms with Gasteiger partial charge in [-0.2, -0.15) is 0 Å². The van der Waals surface area contributed by atoms with Crippen LogP contribution in [0.15, 0.2) is 0 Å². The maximum absolute atomic E-state index is 11.5. The van der Waals surface area contributed by atoms with Gasteiger partial charge in [-0.1, -0.05) is 13.8 Å². The molecule has 0 saturated heterocycles. The highest BCUT2D eigenvalue weighted by molar-refractivity contribution is 7.91. The van der Waals surface area contributed by atoms with Crippen LogP contribution in [0.5, 0.6) is 0 Å². The van der Waals surface area contributed by atoms with E-state index in [0.717, 1.165) is 6.42 Å². The van der Waals surface area contributed by atoms with Gasteiger partial charge in [-0.05, 0) is 32.7 Å². The molecule has 1 unspecified atom stereocenters. The van der Waals surface area contributed by atoms with Gasteiger partial charge in [0.2, 0.25) is 0 Å². The quantitative estimate of drug-likeness (QED) is 0.707. The van der Waals surface area contributed by atoms with Gasteiger partial charge < -0.3 is 5.32 Å². The number of nitrogens with one attached hydrogen (secondary N) is 1. The molecule has 4 heteroatoms. The first-order valence-electron chi connectivity index (χ1n) is 5.25. The van der Waals surface area contributed by atoms with Crippen LogP contribution in [0, 0.1) is 5.92 Å². The highest BCUT2D eigenvalue weighted by Gasteiger charge is 2.12. The number of hydrogen-bond donors (Lipinski definition) is 1. The van der Waals surface area contributed by atoms with E-state index >= 15 is 0 Å². The summed E-state index contributed by atoms with van der Waals surface area (Å²) in [7, 11) is -0.969. The maximum Gasteiger partial charge on any atom is 0.150 e. The minimum Gasteiger partial charge on any atom is -0.317 e. The second kappa shape index (κ2) is 6.40. The molecule has 0 saturated carbocycles. The third-order valence-electron chi connectivity index (χ3n) is 2.36. The Hall–Kier alpha value is -0.0900. The van der Waals surface area contributed by atoms with Crippen LogP contribution in [0.3, 0.4) is 0 Å². The first-order valence-corrected chi connectivity index (χ1v) is 7.07. The molecule has 0 rings (SSSR count). The topological polar surface area (TPSA) is 46.2 Å². The van der Waals surface area contributed by atoms with Crippen molar-refractivity contribution in [3.8, 4) is 0 Å². The van der Waals surface area contributed by atoms with Gasteiger partial charge in [0.1, 0.15) is 9.84 Å². The molecule has 0 spiro atoms. The summed E-state index contributed by atoms with van der Waals surface area (Å²) < 4.78 is 23.1. The van der Waals surface area contributed by atoms with Crippen LogP contribution < -0.4 is 5.32 Å². The lowest BCUT2D eigenvalue weighted by Gasteiger charge is -2.10. The molecule has 0 amide bonds. The van der Waals surface area contributed by atoms with E-state index in [1.165, 1.54) is 0 Å². The highest BCUT2D eigenvalue weighted by atomic mass is 32.2. The zero-order valence-corrected chi connectivity index (χ0v) is 10.5. The zero-order chi connectivity index (χ0) is 11.2. The van der Waals surface area contributed by atoms with E-state index in [0.29, 0.717) is 23.8 Å². The standard InChI is InChI=1S/C10H23NO2S/c1-9(2)5-7-14(12,13)8-6-10(3)11-4/h9-11H,5-8H2,1-4H3. The van der Waals surface area contributed by atoms with E-state index in [1.807, 2.05) is 27.8 Å². The van der Waals surface area contributed by atoms with Crippen molar-refractivity contribution in [2.75, 3.05) is 18.6 Å². The van der Waals surface area contributed by atoms with Gasteiger partial charge in [0.05, 0.1) is 11.5 Å². The summed E-state index contributed by atoms with van der Waals surface area (Å²) >= 11 is 0. The fourth-order valence-corrected chi connectivity index (χ4v) is 2.77. The molecule has 0 aliphatic rings. The molecule has 14 heavy (non-hydrogen) atoms. The smallest absolute Gasteiger partial charge is 0.150 e. The van der Waals surface area contributed by atoms with Gasteiger partial charge >= 0.3 is 0 Å². The Morgan fingerprint density at radius 3 is 2.00 bits per heavy atom. The molecule has 1 atom stereocenters. The van der Waals surface area contributed by atoms with Crippen LogP contribution in [0.4, 0.5) is 0 Å². The van der Waals surface area contributed by atoms with Crippen LogP contribution in [-0.2, 0) is 9.84 Å². The van der Waals surface area contributed by atoms with Gasteiger partial charge in [0.15, 0.2) is 0 Å². The Bertz CT molecular complexity index is 235. The summed E-state index contributed by atoms with van der Waals surface area (Å²) in [6, 6.07) is 0.281. The molecule has 0 radical (unpaired) electrons. The van der Waals surface area contributed by atoms with Crippen LogP contribution >= 0.6 is 0 Å². The second-order valence-corrected chi connectivity index (χ2v) is 6.62. The van der Waals surface area contributed by atoms with Gasteiger partial charge in [0.25, 0.3) is 0 Å². The van der Waals surface area contributed by atoms with Gasteiger partial charge in [-0.15, -0.1) is 0 Å². The summed E-state index contributed by atoms with van der Waals surface area (Å²) in [4.78, 5) is 0. The minimum atomic E-state index is -2.82. The largest absolute Gasteiger partial charge is 0.317 e. The molecular formula is C10H23NO2S. The van der Waals surface area contributed by atoms with Crippen LogP contribution in [0.2, 0.25) is 0 Å². The molecule has 0 heterocycles. The summed E-state index contributed by atoms with van der Waals surface area (Å²) in [5.41, 5.74) is 0. The second-order valence-electron chi connectivity index (χ2n) is 4.31. The zero-order valence-electron chi connectivity index (χ0n) is 9.71. The molecule has 0 aromatic rings. The SMILES string of the molecule is CNC(C)CCS(=O)(=O)CCC(C)C. The Morgan fingerprint density at radius 2 is 1.57 bits per heavy atom. The van der Waals surface area contributed by atoms with E-state index < -0.39 is 9.84 Å². The molecule has 86 valence electrons. The average Bonchev–Trinajstić information content (AvgIpc) is 2.11. The van der Waals surface area contributed by atoms with Crippen molar-refractivity contribution in [2.24, 2.45) is 5.92 Å². The van der Waals surface area contributed by atoms with Crippen molar-refractivity contribution in [3.63, 3.8) is 0 Å². The Balaban J connectivity index is 3.84. The van der Waals surface area contributed by atoms with E-state index in [2.05, 4.69) is 5.32 Å². The van der Waals surface area contributed by atoms with Crippen molar-refractivity contribution in [2.45, 2.75) is 39.7 Å². The van der Waals surface area contributed by atoms with Gasteiger partial charge in [-0.25, -0.2) is 8.42 Å². The summed E-state index contributed by atoms with van der Waals surface area (Å²) in [5, 5.41) is 3.04. The van der Waals surface area contributed by atoms with Crippen molar-refractivity contribution in [1.82, 2.24) is 5.32 Å². The Labute approximate surface area is 88.2 Å². The first kappa shape index (κ1) is 13.9. The number of rotatable bonds is 7. The summed E-state index contributed by atoms with van der Waals surface area (Å²) in [6.07, 6.45) is 1.48. The van der Waals surface area contributed by atoms with Gasteiger partial charge in [0, 0.05) is 6.04 Å². The van der Waals surface area contributed by atoms with E-state index in [-0.39, 0.29) is 6.04 Å². The molecule has 3 nitrogen and oxygen atoms in total. The molecule has 0 fully saturated rings. The van der Waals surface area contributed by atoms with Gasteiger partial charge in [-0.3, -0.25) is 0 Å². The molecule has 0 aliphatic carbocycles. The predicted octanol–water partition coefficient (Wildman–Crippen LogP) is 1.45. The lowest BCUT2D eigenvalue weighted by molar-refractivity contribution is 0.554. The molecule has 1 N–H and O–H groups in total. The lowest BCUT2D eigenvalue weighted by Crippen LogP contribution is -2.25.